The van der Waals surface area contributed by atoms with Crippen LogP contribution in [0.1, 0.15) is 20.8 Å². The van der Waals surface area contributed by atoms with Crippen LogP contribution < -0.4 is 4.74 Å². The molecule has 0 unspecified atom stereocenters. The third-order valence-corrected chi connectivity index (χ3v) is 3.52. The van der Waals surface area contributed by atoms with E-state index >= 15 is 0 Å². The van der Waals surface area contributed by atoms with Crippen molar-refractivity contribution in [2.75, 3.05) is 26.3 Å². The minimum atomic E-state index is -0.488. The summed E-state index contributed by atoms with van der Waals surface area (Å²) in [5.74, 6) is 0.771. The molecule has 0 aromatic heterocycles. The van der Waals surface area contributed by atoms with Gasteiger partial charge >= 0.3 is 6.09 Å². The molecule has 0 bridgehead atoms. The lowest BCUT2D eigenvalue weighted by atomic mass is 10.2. The maximum absolute atomic E-state index is 12.1. The summed E-state index contributed by atoms with van der Waals surface area (Å²) in [6.07, 6.45) is -0.455. The third-order valence-electron chi connectivity index (χ3n) is 3.02. The van der Waals surface area contributed by atoms with Gasteiger partial charge in [0.2, 0.25) is 0 Å². The Kier molecular flexibility index (Phi) is 5.69. The van der Waals surface area contributed by atoms with E-state index in [-0.39, 0.29) is 12.2 Å². The summed E-state index contributed by atoms with van der Waals surface area (Å²) in [6, 6.07) is 7.63. The molecular formula is C16H22BrNO4. The molecule has 0 spiro atoms. The zero-order valence-corrected chi connectivity index (χ0v) is 14.8. The van der Waals surface area contributed by atoms with Crippen molar-refractivity contribution >= 4 is 22.0 Å². The predicted molar refractivity (Wildman–Crippen MR) is 87.2 cm³/mol. The van der Waals surface area contributed by atoms with Crippen LogP contribution in [0.2, 0.25) is 0 Å². The van der Waals surface area contributed by atoms with Gasteiger partial charge in [0, 0.05) is 11.0 Å². The van der Waals surface area contributed by atoms with Gasteiger partial charge < -0.3 is 19.1 Å². The Labute approximate surface area is 139 Å². The van der Waals surface area contributed by atoms with Crippen molar-refractivity contribution in [1.82, 2.24) is 4.90 Å². The van der Waals surface area contributed by atoms with Crippen LogP contribution in [0.15, 0.2) is 28.7 Å². The Hall–Kier alpha value is -1.27. The summed E-state index contributed by atoms with van der Waals surface area (Å²) in [5, 5.41) is 0. The lowest BCUT2D eigenvalue weighted by Gasteiger charge is -2.34. The minimum Gasteiger partial charge on any atom is -0.491 e. The first-order chi connectivity index (χ1) is 10.3. The number of hydrogen-bond donors (Lipinski definition) is 0. The molecule has 1 heterocycles. The Balaban J connectivity index is 1.84. The molecule has 1 saturated heterocycles. The highest BCUT2D eigenvalue weighted by molar-refractivity contribution is 9.10. The second kappa shape index (κ2) is 7.33. The standard InChI is InChI=1S/C16H22BrNO4/c1-16(2,3)22-15(19)18-7-8-20-14(10-18)11-21-13-6-4-5-12(17)9-13/h4-6,9,14H,7-8,10-11H2,1-3H3/t14-/m0/s1. The molecule has 1 atom stereocenters. The largest absolute Gasteiger partial charge is 0.491 e. The van der Waals surface area contributed by atoms with Gasteiger partial charge in [-0.3, -0.25) is 0 Å². The summed E-state index contributed by atoms with van der Waals surface area (Å²) in [7, 11) is 0. The predicted octanol–water partition coefficient (Wildman–Crippen LogP) is 3.46. The van der Waals surface area contributed by atoms with Gasteiger partial charge in [-0.05, 0) is 39.0 Å². The van der Waals surface area contributed by atoms with Crippen LogP contribution in [0.3, 0.4) is 0 Å². The molecule has 22 heavy (non-hydrogen) atoms. The number of halogens is 1. The van der Waals surface area contributed by atoms with E-state index in [4.69, 9.17) is 14.2 Å². The SMILES string of the molecule is CC(C)(C)OC(=O)N1CCO[C@H](COc2cccc(Br)c2)C1. The summed E-state index contributed by atoms with van der Waals surface area (Å²) in [6.45, 7) is 7.49. The van der Waals surface area contributed by atoms with Gasteiger partial charge in [0.25, 0.3) is 0 Å². The zero-order chi connectivity index (χ0) is 16.2. The quantitative estimate of drug-likeness (QED) is 0.815. The molecule has 122 valence electrons. The Morgan fingerprint density at radius 3 is 2.91 bits per heavy atom. The summed E-state index contributed by atoms with van der Waals surface area (Å²) in [4.78, 5) is 13.7. The third kappa shape index (κ3) is 5.50. The highest BCUT2D eigenvalue weighted by Crippen LogP contribution is 2.19. The summed E-state index contributed by atoms with van der Waals surface area (Å²) >= 11 is 3.40. The van der Waals surface area contributed by atoms with Crippen molar-refractivity contribution in [2.45, 2.75) is 32.5 Å². The van der Waals surface area contributed by atoms with Gasteiger partial charge in [-0.25, -0.2) is 4.79 Å². The monoisotopic (exact) mass is 371 g/mol. The molecule has 0 saturated carbocycles. The van der Waals surface area contributed by atoms with Crippen molar-refractivity contribution in [3.05, 3.63) is 28.7 Å². The van der Waals surface area contributed by atoms with Gasteiger partial charge in [-0.2, -0.15) is 0 Å². The molecule has 1 fully saturated rings. The Morgan fingerprint density at radius 2 is 2.23 bits per heavy atom. The van der Waals surface area contributed by atoms with Crippen LogP contribution in [-0.4, -0.2) is 49.0 Å². The van der Waals surface area contributed by atoms with Gasteiger partial charge in [0.05, 0.1) is 13.2 Å². The Morgan fingerprint density at radius 1 is 1.45 bits per heavy atom. The molecule has 1 aliphatic rings. The summed E-state index contributed by atoms with van der Waals surface area (Å²) < 4.78 is 17.7. The van der Waals surface area contributed by atoms with Gasteiger partial charge in [0.1, 0.15) is 24.1 Å². The molecule has 5 nitrogen and oxygen atoms in total. The van der Waals surface area contributed by atoms with Crippen molar-refractivity contribution in [1.29, 1.82) is 0 Å². The molecule has 1 amide bonds. The van der Waals surface area contributed by atoms with Gasteiger partial charge in [-0.1, -0.05) is 22.0 Å². The van der Waals surface area contributed by atoms with Crippen molar-refractivity contribution in [3.8, 4) is 5.75 Å². The van der Waals surface area contributed by atoms with E-state index < -0.39 is 5.60 Å². The number of ether oxygens (including phenoxy) is 3. The first-order valence-electron chi connectivity index (χ1n) is 7.31. The lowest BCUT2D eigenvalue weighted by molar-refractivity contribution is -0.0557. The second-order valence-corrected chi connectivity index (χ2v) is 7.10. The molecule has 2 rings (SSSR count). The number of rotatable bonds is 3. The number of benzene rings is 1. The maximum Gasteiger partial charge on any atom is 0.410 e. The average Bonchev–Trinajstić information content (AvgIpc) is 2.44. The van der Waals surface area contributed by atoms with Crippen molar-refractivity contribution < 1.29 is 19.0 Å². The molecular weight excluding hydrogens is 350 g/mol. The second-order valence-electron chi connectivity index (χ2n) is 6.19. The van der Waals surface area contributed by atoms with E-state index in [1.54, 1.807) is 4.90 Å². The van der Waals surface area contributed by atoms with E-state index in [9.17, 15) is 4.79 Å². The lowest BCUT2D eigenvalue weighted by Crippen LogP contribution is -2.49. The smallest absolute Gasteiger partial charge is 0.410 e. The molecule has 0 aliphatic carbocycles. The molecule has 0 radical (unpaired) electrons. The Bertz CT molecular complexity index is 515. The normalized spacial score (nSPS) is 18.9. The van der Waals surface area contributed by atoms with Crippen LogP contribution >= 0.6 is 15.9 Å². The molecule has 1 aromatic carbocycles. The molecule has 1 aromatic rings. The minimum absolute atomic E-state index is 0.153. The average molecular weight is 372 g/mol. The van der Waals surface area contributed by atoms with E-state index in [0.717, 1.165) is 10.2 Å². The van der Waals surface area contributed by atoms with Crippen molar-refractivity contribution in [3.63, 3.8) is 0 Å². The number of nitrogens with zero attached hydrogens (tertiary/aromatic N) is 1. The van der Waals surface area contributed by atoms with Gasteiger partial charge in [-0.15, -0.1) is 0 Å². The topological polar surface area (TPSA) is 48.0 Å². The van der Waals surface area contributed by atoms with Crippen LogP contribution in [0.4, 0.5) is 4.79 Å². The van der Waals surface area contributed by atoms with E-state index in [1.165, 1.54) is 0 Å². The zero-order valence-electron chi connectivity index (χ0n) is 13.2. The fraction of sp³-hybridized carbons (Fsp3) is 0.562. The highest BCUT2D eigenvalue weighted by Gasteiger charge is 2.28. The first-order valence-corrected chi connectivity index (χ1v) is 8.11. The van der Waals surface area contributed by atoms with Crippen LogP contribution in [0, 0.1) is 0 Å². The highest BCUT2D eigenvalue weighted by atomic mass is 79.9. The van der Waals surface area contributed by atoms with Crippen LogP contribution in [0.25, 0.3) is 0 Å². The molecule has 0 N–H and O–H groups in total. The van der Waals surface area contributed by atoms with Crippen LogP contribution in [-0.2, 0) is 9.47 Å². The maximum atomic E-state index is 12.1. The number of hydrogen-bond acceptors (Lipinski definition) is 4. The van der Waals surface area contributed by atoms with E-state index in [2.05, 4.69) is 15.9 Å². The van der Waals surface area contributed by atoms with Crippen molar-refractivity contribution in [2.24, 2.45) is 0 Å². The first kappa shape index (κ1) is 17.1. The van der Waals surface area contributed by atoms with Gasteiger partial charge in [0.15, 0.2) is 0 Å². The molecule has 1 aliphatic heterocycles. The van der Waals surface area contributed by atoms with Crippen LogP contribution in [0.5, 0.6) is 5.75 Å². The molecule has 6 heteroatoms. The number of carbonyl (C=O) groups excluding carboxylic acids is 1. The van der Waals surface area contributed by atoms with E-state index in [1.807, 2.05) is 45.0 Å². The van der Waals surface area contributed by atoms with E-state index in [0.29, 0.717) is 26.3 Å². The fourth-order valence-electron chi connectivity index (χ4n) is 2.06. The number of carbonyl (C=O) groups is 1. The fourth-order valence-corrected chi connectivity index (χ4v) is 2.44. The number of amides is 1. The summed E-state index contributed by atoms with van der Waals surface area (Å²) in [5.41, 5.74) is -0.488. The number of morpholine rings is 1.